The molecule has 1 N–H and O–H groups in total. The molecule has 0 saturated heterocycles. The molecule has 1 atom stereocenters. The van der Waals surface area contributed by atoms with E-state index in [1.165, 1.54) is 18.0 Å². The molecule has 9 heteroatoms. The average molecular weight is 464 g/mol. The first-order chi connectivity index (χ1) is 14.5. The van der Waals surface area contributed by atoms with Crippen LogP contribution in [0.2, 0.25) is 5.02 Å². The van der Waals surface area contributed by atoms with Crippen molar-refractivity contribution in [2.75, 3.05) is 12.9 Å². The Labute approximate surface area is 188 Å². The lowest BCUT2D eigenvalue weighted by Crippen LogP contribution is -2.19. The molecule has 3 aromatic rings. The number of nitrogens with zero attached hydrogens (tertiary/aromatic N) is 2. The first-order valence-corrected chi connectivity index (χ1v) is 11.5. The first-order valence-electron chi connectivity index (χ1n) is 9.34. The Morgan fingerprint density at radius 3 is 2.93 bits per heavy atom. The molecule has 0 fully saturated rings. The predicted octanol–water partition coefficient (Wildman–Crippen LogP) is 5.38. The molecule has 0 bridgehead atoms. The number of fused-ring (bicyclic) bond motifs is 1. The van der Waals surface area contributed by atoms with Crippen molar-refractivity contribution in [1.82, 2.24) is 10.4 Å². The molecule has 0 aliphatic rings. The van der Waals surface area contributed by atoms with E-state index < -0.39 is 0 Å². The number of thioether (sulfide) groups is 1. The Bertz CT molecular complexity index is 1020. The van der Waals surface area contributed by atoms with E-state index in [0.29, 0.717) is 22.1 Å². The number of hydrazone groups is 1. The minimum absolute atomic E-state index is 0.0168. The van der Waals surface area contributed by atoms with Crippen LogP contribution in [0.15, 0.2) is 45.8 Å². The number of amides is 1. The summed E-state index contributed by atoms with van der Waals surface area (Å²) in [7, 11) is 1.55. The standard InChI is InChI=1S/C21H22ClN3O3S2/c1-4-13(2)28-20-15(22)9-14(10-17(20)27-3)11-23-25-19(26)12-29-21-24-16-7-5-6-8-18(16)30-21/h5-11,13H,4,12H2,1-3H3,(H,25,26). The van der Waals surface area contributed by atoms with Gasteiger partial charge in [0.1, 0.15) is 0 Å². The van der Waals surface area contributed by atoms with E-state index in [9.17, 15) is 4.79 Å². The molecule has 1 unspecified atom stereocenters. The number of thiazole rings is 1. The van der Waals surface area contributed by atoms with Crippen molar-refractivity contribution < 1.29 is 14.3 Å². The quantitative estimate of drug-likeness (QED) is 0.262. The van der Waals surface area contributed by atoms with Crippen LogP contribution in [0.25, 0.3) is 10.2 Å². The number of hydrogen-bond donors (Lipinski definition) is 1. The fourth-order valence-corrected chi connectivity index (χ4v) is 4.59. The van der Waals surface area contributed by atoms with E-state index in [1.54, 1.807) is 30.6 Å². The molecular formula is C21H22ClN3O3S2. The maximum atomic E-state index is 12.1. The molecule has 1 aromatic heterocycles. The second-order valence-corrected chi connectivity index (χ2v) is 9.06. The van der Waals surface area contributed by atoms with Gasteiger partial charge in [0.2, 0.25) is 0 Å². The maximum Gasteiger partial charge on any atom is 0.250 e. The largest absolute Gasteiger partial charge is 0.493 e. The topological polar surface area (TPSA) is 72.8 Å². The third-order valence-electron chi connectivity index (χ3n) is 4.15. The van der Waals surface area contributed by atoms with E-state index in [2.05, 4.69) is 15.5 Å². The number of carbonyl (C=O) groups excluding carboxylic acids is 1. The monoisotopic (exact) mass is 463 g/mol. The van der Waals surface area contributed by atoms with Gasteiger partial charge in [0.25, 0.3) is 5.91 Å². The lowest BCUT2D eigenvalue weighted by molar-refractivity contribution is -0.118. The molecule has 1 heterocycles. The van der Waals surface area contributed by atoms with Gasteiger partial charge in [-0.3, -0.25) is 4.79 Å². The Morgan fingerprint density at radius 2 is 2.20 bits per heavy atom. The third-order valence-corrected chi connectivity index (χ3v) is 6.61. The van der Waals surface area contributed by atoms with Crippen molar-refractivity contribution in [3.63, 3.8) is 0 Å². The summed E-state index contributed by atoms with van der Waals surface area (Å²) in [4.78, 5) is 16.6. The highest BCUT2D eigenvalue weighted by atomic mass is 35.5. The SMILES string of the molecule is CCC(C)Oc1c(Cl)cc(C=NNC(=O)CSc2nc3ccccc3s2)cc1OC. The predicted molar refractivity (Wildman–Crippen MR) is 124 cm³/mol. The summed E-state index contributed by atoms with van der Waals surface area (Å²) in [5.74, 6) is 1.03. The van der Waals surface area contributed by atoms with Gasteiger partial charge in [-0.2, -0.15) is 5.10 Å². The highest BCUT2D eigenvalue weighted by Crippen LogP contribution is 2.37. The van der Waals surface area contributed by atoms with E-state index >= 15 is 0 Å². The van der Waals surface area contributed by atoms with Gasteiger partial charge in [-0.1, -0.05) is 42.4 Å². The molecule has 1 amide bonds. The van der Waals surface area contributed by atoms with E-state index in [-0.39, 0.29) is 17.8 Å². The molecule has 0 radical (unpaired) electrons. The van der Waals surface area contributed by atoms with Gasteiger partial charge in [-0.25, -0.2) is 10.4 Å². The van der Waals surface area contributed by atoms with Gasteiger partial charge in [0, 0.05) is 0 Å². The Balaban J connectivity index is 1.57. The van der Waals surface area contributed by atoms with Crippen LogP contribution in [0.5, 0.6) is 11.5 Å². The average Bonchev–Trinajstić information content (AvgIpc) is 3.16. The number of benzene rings is 2. The number of nitrogens with one attached hydrogen (secondary N) is 1. The summed E-state index contributed by atoms with van der Waals surface area (Å²) in [6.07, 6.45) is 2.38. The van der Waals surface area contributed by atoms with Crippen LogP contribution < -0.4 is 14.9 Å². The normalized spacial score (nSPS) is 12.3. The maximum absolute atomic E-state index is 12.1. The van der Waals surface area contributed by atoms with Crippen LogP contribution in [-0.4, -0.2) is 36.1 Å². The summed E-state index contributed by atoms with van der Waals surface area (Å²) >= 11 is 9.29. The van der Waals surface area contributed by atoms with Gasteiger partial charge in [-0.05, 0) is 43.2 Å². The Morgan fingerprint density at radius 1 is 1.40 bits per heavy atom. The molecule has 3 rings (SSSR count). The van der Waals surface area contributed by atoms with Crippen molar-refractivity contribution in [2.24, 2.45) is 5.10 Å². The van der Waals surface area contributed by atoms with Gasteiger partial charge in [0.05, 0.1) is 40.4 Å². The van der Waals surface area contributed by atoms with Crippen molar-refractivity contribution in [2.45, 2.75) is 30.7 Å². The molecular weight excluding hydrogens is 442 g/mol. The molecule has 0 aliphatic heterocycles. The zero-order valence-electron chi connectivity index (χ0n) is 16.8. The number of carbonyl (C=O) groups is 1. The number of rotatable bonds is 9. The number of hydrogen-bond acceptors (Lipinski definition) is 7. The van der Waals surface area contributed by atoms with E-state index in [0.717, 1.165) is 21.0 Å². The number of methoxy groups -OCH3 is 1. The summed E-state index contributed by atoms with van der Waals surface area (Å²) in [5, 5.41) is 4.43. The minimum Gasteiger partial charge on any atom is -0.493 e. The molecule has 0 spiro atoms. The fourth-order valence-electron chi connectivity index (χ4n) is 2.46. The van der Waals surface area contributed by atoms with Crippen molar-refractivity contribution in [1.29, 1.82) is 0 Å². The number of halogens is 1. The lowest BCUT2D eigenvalue weighted by atomic mass is 10.2. The minimum atomic E-state index is -0.217. The van der Waals surface area contributed by atoms with Crippen molar-refractivity contribution in [3.8, 4) is 11.5 Å². The number of para-hydroxylation sites is 1. The smallest absolute Gasteiger partial charge is 0.250 e. The summed E-state index contributed by atoms with van der Waals surface area (Å²) in [6, 6.07) is 11.4. The Hall–Kier alpha value is -2.29. The summed E-state index contributed by atoms with van der Waals surface area (Å²) in [6.45, 7) is 4.00. The van der Waals surface area contributed by atoms with Gasteiger partial charge < -0.3 is 9.47 Å². The fraction of sp³-hybridized carbons (Fsp3) is 0.286. The lowest BCUT2D eigenvalue weighted by Gasteiger charge is -2.17. The van der Waals surface area contributed by atoms with Crippen molar-refractivity contribution >= 4 is 57.0 Å². The van der Waals surface area contributed by atoms with Gasteiger partial charge in [0.15, 0.2) is 15.8 Å². The first kappa shape index (κ1) is 22.4. The van der Waals surface area contributed by atoms with Crippen molar-refractivity contribution in [3.05, 3.63) is 47.0 Å². The molecule has 0 aliphatic carbocycles. The van der Waals surface area contributed by atoms with Gasteiger partial charge in [-0.15, -0.1) is 11.3 Å². The summed E-state index contributed by atoms with van der Waals surface area (Å²) < 4.78 is 13.2. The van der Waals surface area contributed by atoms with Gasteiger partial charge >= 0.3 is 0 Å². The van der Waals surface area contributed by atoms with Crippen LogP contribution >= 0.6 is 34.7 Å². The highest BCUT2D eigenvalue weighted by molar-refractivity contribution is 8.01. The van der Waals surface area contributed by atoms with Crippen LogP contribution in [0.1, 0.15) is 25.8 Å². The second-order valence-electron chi connectivity index (χ2n) is 6.40. The summed E-state index contributed by atoms with van der Waals surface area (Å²) in [5.41, 5.74) is 4.15. The molecule has 30 heavy (non-hydrogen) atoms. The van der Waals surface area contributed by atoms with Crippen LogP contribution in [0.3, 0.4) is 0 Å². The zero-order chi connectivity index (χ0) is 21.5. The van der Waals surface area contributed by atoms with Crippen LogP contribution in [-0.2, 0) is 4.79 Å². The van der Waals surface area contributed by atoms with Crippen LogP contribution in [0, 0.1) is 0 Å². The van der Waals surface area contributed by atoms with E-state index in [1.807, 2.05) is 38.1 Å². The van der Waals surface area contributed by atoms with Crippen LogP contribution in [0.4, 0.5) is 0 Å². The molecule has 0 saturated carbocycles. The third kappa shape index (κ3) is 5.87. The Kier molecular flexibility index (Phi) is 7.95. The molecule has 6 nitrogen and oxygen atoms in total. The molecule has 158 valence electrons. The molecule has 2 aromatic carbocycles. The number of ether oxygens (including phenoxy) is 2. The van der Waals surface area contributed by atoms with E-state index in [4.69, 9.17) is 21.1 Å². The second kappa shape index (κ2) is 10.7. The number of aromatic nitrogens is 1. The highest BCUT2D eigenvalue weighted by Gasteiger charge is 2.14. The zero-order valence-corrected chi connectivity index (χ0v) is 19.2.